The summed E-state index contributed by atoms with van der Waals surface area (Å²) in [6, 6.07) is 14.9. The Hall–Kier alpha value is -2.73. The minimum Gasteiger partial charge on any atom is -0.345 e. The van der Waals surface area contributed by atoms with E-state index in [4.69, 9.17) is 11.6 Å². The van der Waals surface area contributed by atoms with E-state index in [1.165, 1.54) is 11.0 Å². The number of carbonyl (C=O) groups excluding carboxylic acids is 1. The van der Waals surface area contributed by atoms with Crippen LogP contribution in [0.15, 0.2) is 54.9 Å². The molecular weight excluding hydrogens is 338 g/mol. The number of nitrogens with zero attached hydrogens (tertiary/aromatic N) is 4. The monoisotopic (exact) mass is 353 g/mol. The largest absolute Gasteiger partial charge is 0.345 e. The minimum absolute atomic E-state index is 0.00135. The Morgan fingerprint density at radius 3 is 2.68 bits per heavy atom. The number of amides is 1. The fourth-order valence-electron chi connectivity index (χ4n) is 2.87. The highest BCUT2D eigenvalue weighted by Crippen LogP contribution is 2.41. The first kappa shape index (κ1) is 15.8. The van der Waals surface area contributed by atoms with Crippen molar-refractivity contribution in [3.63, 3.8) is 0 Å². The van der Waals surface area contributed by atoms with Crippen molar-refractivity contribution in [1.29, 1.82) is 0 Å². The molecule has 7 heteroatoms. The van der Waals surface area contributed by atoms with Gasteiger partial charge in [0.1, 0.15) is 6.33 Å². The van der Waals surface area contributed by atoms with Crippen LogP contribution in [0.25, 0.3) is 5.69 Å². The second-order valence-corrected chi connectivity index (χ2v) is 6.58. The molecule has 1 atom stereocenters. The average Bonchev–Trinajstić information content (AvgIpc) is 3.33. The quantitative estimate of drug-likeness (QED) is 0.764. The SMILES string of the molecule is O=C(NC(c1ccc(Cl)cc1)C1CC1)c1cccc(-n2cnnn2)c1. The van der Waals surface area contributed by atoms with E-state index in [9.17, 15) is 4.79 Å². The van der Waals surface area contributed by atoms with Gasteiger partial charge in [-0.2, -0.15) is 0 Å². The zero-order valence-corrected chi connectivity index (χ0v) is 14.1. The van der Waals surface area contributed by atoms with Crippen molar-refractivity contribution >= 4 is 17.5 Å². The number of halogens is 1. The van der Waals surface area contributed by atoms with Crippen LogP contribution in [0, 0.1) is 5.92 Å². The number of hydrogen-bond acceptors (Lipinski definition) is 4. The van der Waals surface area contributed by atoms with E-state index < -0.39 is 0 Å². The molecule has 0 radical (unpaired) electrons. The first-order valence-corrected chi connectivity index (χ1v) is 8.48. The summed E-state index contributed by atoms with van der Waals surface area (Å²) >= 11 is 5.97. The van der Waals surface area contributed by atoms with E-state index in [-0.39, 0.29) is 11.9 Å². The molecular formula is C18H16ClN5O. The van der Waals surface area contributed by atoms with E-state index in [0.717, 1.165) is 24.1 Å². The number of aromatic nitrogens is 4. The summed E-state index contributed by atoms with van der Waals surface area (Å²) in [5, 5.41) is 14.9. The van der Waals surface area contributed by atoms with Crippen LogP contribution in [0.2, 0.25) is 5.02 Å². The van der Waals surface area contributed by atoms with Crippen molar-refractivity contribution in [1.82, 2.24) is 25.5 Å². The molecule has 126 valence electrons. The number of tetrazole rings is 1. The maximum Gasteiger partial charge on any atom is 0.251 e. The fraction of sp³-hybridized carbons (Fsp3) is 0.222. The third-order valence-corrected chi connectivity index (χ3v) is 4.58. The molecule has 6 nitrogen and oxygen atoms in total. The predicted octanol–water partition coefficient (Wildman–Crippen LogP) is 3.20. The maximum absolute atomic E-state index is 12.8. The molecule has 2 aromatic carbocycles. The number of nitrogens with one attached hydrogen (secondary N) is 1. The van der Waals surface area contributed by atoms with Gasteiger partial charge in [0.05, 0.1) is 11.7 Å². The summed E-state index contributed by atoms with van der Waals surface area (Å²) in [5.41, 5.74) is 2.40. The second-order valence-electron chi connectivity index (χ2n) is 6.14. The lowest BCUT2D eigenvalue weighted by Gasteiger charge is -2.19. The fourth-order valence-corrected chi connectivity index (χ4v) is 2.99. The van der Waals surface area contributed by atoms with Crippen LogP contribution in [0.4, 0.5) is 0 Å². The number of hydrogen-bond donors (Lipinski definition) is 1. The van der Waals surface area contributed by atoms with E-state index >= 15 is 0 Å². The summed E-state index contributed by atoms with van der Waals surface area (Å²) < 4.78 is 1.52. The Morgan fingerprint density at radius 2 is 2.00 bits per heavy atom. The molecule has 25 heavy (non-hydrogen) atoms. The lowest BCUT2D eigenvalue weighted by molar-refractivity contribution is 0.0931. The van der Waals surface area contributed by atoms with Crippen molar-refractivity contribution in [2.75, 3.05) is 0 Å². The van der Waals surface area contributed by atoms with Crippen LogP contribution in [-0.2, 0) is 0 Å². The second kappa shape index (κ2) is 6.64. The Kier molecular flexibility index (Phi) is 4.19. The molecule has 1 aliphatic carbocycles. The van der Waals surface area contributed by atoms with Gasteiger partial charge in [-0.05, 0) is 65.1 Å². The summed E-state index contributed by atoms with van der Waals surface area (Å²) in [5.74, 6) is 0.370. The van der Waals surface area contributed by atoms with Crippen molar-refractivity contribution in [3.8, 4) is 5.69 Å². The van der Waals surface area contributed by atoms with Crippen molar-refractivity contribution in [2.45, 2.75) is 18.9 Å². The molecule has 1 unspecified atom stereocenters. The standard InChI is InChI=1S/C18H16ClN5O/c19-15-8-6-13(7-9-15)17(12-4-5-12)21-18(25)14-2-1-3-16(10-14)24-11-20-22-23-24/h1-3,6-12,17H,4-5H2,(H,21,25). The van der Waals surface area contributed by atoms with Gasteiger partial charge < -0.3 is 5.32 Å². The van der Waals surface area contributed by atoms with Gasteiger partial charge in [0.2, 0.25) is 0 Å². The van der Waals surface area contributed by atoms with E-state index in [1.807, 2.05) is 36.4 Å². The Balaban J connectivity index is 1.56. The van der Waals surface area contributed by atoms with Crippen LogP contribution in [0.3, 0.4) is 0 Å². The first-order valence-electron chi connectivity index (χ1n) is 8.10. The van der Waals surface area contributed by atoms with Crippen molar-refractivity contribution in [3.05, 3.63) is 71.0 Å². The summed E-state index contributed by atoms with van der Waals surface area (Å²) in [7, 11) is 0. The Morgan fingerprint density at radius 1 is 1.20 bits per heavy atom. The lowest BCUT2D eigenvalue weighted by Crippen LogP contribution is -2.30. The third kappa shape index (κ3) is 3.53. The Labute approximate surface area is 149 Å². The third-order valence-electron chi connectivity index (χ3n) is 4.33. The average molecular weight is 354 g/mol. The lowest BCUT2D eigenvalue weighted by atomic mass is 10.0. The Bertz CT molecular complexity index is 875. The van der Waals surface area contributed by atoms with Crippen molar-refractivity contribution < 1.29 is 4.79 Å². The van der Waals surface area contributed by atoms with Crippen LogP contribution >= 0.6 is 11.6 Å². The first-order chi connectivity index (χ1) is 12.2. The molecule has 0 spiro atoms. The summed E-state index contributed by atoms with van der Waals surface area (Å²) in [6.07, 6.45) is 3.74. The molecule has 3 aromatic rings. The molecule has 0 aliphatic heterocycles. The topological polar surface area (TPSA) is 72.7 Å². The maximum atomic E-state index is 12.8. The van der Waals surface area contributed by atoms with Gasteiger partial charge in [-0.25, -0.2) is 4.68 Å². The minimum atomic E-state index is -0.109. The summed E-state index contributed by atoms with van der Waals surface area (Å²) in [4.78, 5) is 12.8. The van der Waals surface area contributed by atoms with Gasteiger partial charge in [0.25, 0.3) is 5.91 Å². The molecule has 1 saturated carbocycles. The molecule has 0 saturated heterocycles. The van der Waals surface area contributed by atoms with Gasteiger partial charge >= 0.3 is 0 Å². The number of benzene rings is 2. The van der Waals surface area contributed by atoms with Gasteiger partial charge in [-0.1, -0.05) is 29.8 Å². The van der Waals surface area contributed by atoms with Gasteiger partial charge in [0, 0.05) is 10.6 Å². The highest BCUT2D eigenvalue weighted by molar-refractivity contribution is 6.30. The van der Waals surface area contributed by atoms with Crippen LogP contribution in [0.1, 0.15) is 34.8 Å². The molecule has 1 N–H and O–H groups in total. The van der Waals surface area contributed by atoms with E-state index in [0.29, 0.717) is 16.5 Å². The van der Waals surface area contributed by atoms with Gasteiger partial charge in [-0.3, -0.25) is 4.79 Å². The number of carbonyl (C=O) groups is 1. The molecule has 1 aromatic heterocycles. The molecule has 1 fully saturated rings. The normalized spacial score (nSPS) is 14.9. The van der Waals surface area contributed by atoms with Gasteiger partial charge in [0.15, 0.2) is 0 Å². The van der Waals surface area contributed by atoms with Crippen LogP contribution in [0.5, 0.6) is 0 Å². The molecule has 1 heterocycles. The zero-order chi connectivity index (χ0) is 17.2. The van der Waals surface area contributed by atoms with Crippen LogP contribution < -0.4 is 5.32 Å². The number of rotatable bonds is 5. The molecule has 1 amide bonds. The highest BCUT2D eigenvalue weighted by atomic mass is 35.5. The zero-order valence-electron chi connectivity index (χ0n) is 13.3. The van der Waals surface area contributed by atoms with E-state index in [2.05, 4.69) is 20.8 Å². The predicted molar refractivity (Wildman–Crippen MR) is 93.5 cm³/mol. The van der Waals surface area contributed by atoms with Gasteiger partial charge in [-0.15, -0.1) is 5.10 Å². The molecule has 1 aliphatic rings. The van der Waals surface area contributed by atoms with E-state index in [1.54, 1.807) is 12.1 Å². The summed E-state index contributed by atoms with van der Waals surface area (Å²) in [6.45, 7) is 0. The smallest absolute Gasteiger partial charge is 0.251 e. The van der Waals surface area contributed by atoms with Crippen LogP contribution in [-0.4, -0.2) is 26.1 Å². The molecule has 0 bridgehead atoms. The molecule has 4 rings (SSSR count). The van der Waals surface area contributed by atoms with Crippen molar-refractivity contribution in [2.24, 2.45) is 5.92 Å². The highest BCUT2D eigenvalue weighted by Gasteiger charge is 2.33.